The van der Waals surface area contributed by atoms with Gasteiger partial charge in [-0.1, -0.05) is 0 Å². The molecule has 23 heavy (non-hydrogen) atoms. The summed E-state index contributed by atoms with van der Waals surface area (Å²) in [5.74, 6) is -3.33. The maximum atomic E-state index is 9.00. The summed E-state index contributed by atoms with van der Waals surface area (Å²) >= 11 is 2.85. The van der Waals surface area contributed by atoms with E-state index < -0.39 is 23.9 Å². The molecule has 0 unspecified atom stereocenters. The van der Waals surface area contributed by atoms with E-state index in [2.05, 4.69) is 11.5 Å². The predicted octanol–water partition coefficient (Wildman–Crippen LogP) is -0.615. The van der Waals surface area contributed by atoms with Gasteiger partial charge in [0.25, 0.3) is 23.9 Å². The molecule has 0 aliphatic carbocycles. The Morgan fingerprint density at radius 2 is 0.696 bits per heavy atom. The van der Waals surface area contributed by atoms with Crippen LogP contribution >= 0.6 is 0 Å². The molecule has 0 amide bonds. The fourth-order valence-corrected chi connectivity index (χ4v) is 0. The summed E-state index contributed by atoms with van der Waals surface area (Å²) in [6.45, 7) is 4.58. The standard InChI is InChI=1S/4C2H4O2.C2H4.CH6N2.2Na/c4*1-2(3)4;1-2;2-1-3;;/h4*1H3,(H,3,4);1-2H2;1-3H2;;. The fourth-order valence-electron chi connectivity index (χ4n) is 0. The van der Waals surface area contributed by atoms with Crippen molar-refractivity contribution in [3.8, 4) is 0 Å². The molecule has 0 atom stereocenters. The maximum absolute atomic E-state index is 9.00. The van der Waals surface area contributed by atoms with Crippen LogP contribution < -0.4 is 11.5 Å². The first-order chi connectivity index (χ1) is 10.3. The average molecular weight is 360 g/mol. The summed E-state index contributed by atoms with van der Waals surface area (Å²) in [6.07, 6.45) is 0. The molecule has 130 valence electrons. The molecule has 12 heteroatoms. The van der Waals surface area contributed by atoms with Gasteiger partial charge in [0.1, 0.15) is 0 Å². The summed E-state index contributed by atoms with van der Waals surface area (Å²) in [7, 11) is 0. The quantitative estimate of drug-likeness (QED) is 0.258. The molecule has 0 aromatic heterocycles. The van der Waals surface area contributed by atoms with Gasteiger partial charge in [-0.05, 0) is 0 Å². The summed E-state index contributed by atoms with van der Waals surface area (Å²) in [5, 5.41) is 29.7. The molecule has 0 fully saturated rings. The van der Waals surface area contributed by atoms with Crippen molar-refractivity contribution >= 4 is 79.7 Å². The molecule has 0 radical (unpaired) electrons. The van der Waals surface area contributed by atoms with Gasteiger partial charge in [0.05, 0.1) is 0 Å². The zero-order valence-corrected chi connectivity index (χ0v) is 18.7. The fraction of sp³-hybridized carbons (Fsp3) is 0.636. The molecule has 0 rings (SSSR count). The Labute approximate surface area is 171 Å². The Bertz CT molecular complexity index is 213. The van der Waals surface area contributed by atoms with E-state index in [1.165, 1.54) is 63.2 Å². The van der Waals surface area contributed by atoms with Gasteiger partial charge in [0.2, 0.25) is 0 Å². The molecule has 0 saturated carbocycles. The zero-order chi connectivity index (χ0) is 20.4. The van der Waals surface area contributed by atoms with Crippen LogP contribution in [0.2, 0.25) is 7.34 Å². The van der Waals surface area contributed by atoms with E-state index in [0.29, 0.717) is 0 Å². The Morgan fingerprint density at radius 1 is 0.652 bits per heavy atom. The van der Waals surface area contributed by atoms with Crippen molar-refractivity contribution in [1.82, 2.24) is 0 Å². The van der Waals surface area contributed by atoms with Crippen molar-refractivity contribution in [2.75, 3.05) is 6.67 Å². The Kier molecular flexibility index (Phi) is 71.9. The first-order valence-electron chi connectivity index (χ1n) is 6.44. The Morgan fingerprint density at radius 3 is 0.696 bits per heavy atom. The molecule has 0 aromatic rings. The number of carbonyl (C=O) groups is 4. The second kappa shape index (κ2) is 43.1. The predicted molar refractivity (Wildman–Crippen MR) is 87.6 cm³/mol. The van der Waals surface area contributed by atoms with E-state index in [-0.39, 0.29) is 6.67 Å². The van der Waals surface area contributed by atoms with Crippen molar-refractivity contribution in [3.05, 3.63) is 0 Å². The summed E-state index contributed by atoms with van der Waals surface area (Å²) in [5.41, 5.74) is 9.25. The van der Waals surface area contributed by atoms with Crippen LogP contribution in [0.15, 0.2) is 0 Å². The third kappa shape index (κ3) is 13400. The normalized spacial score (nSPS) is 6.52. The average Bonchev–Trinajstić information content (AvgIpc) is 2.26. The van der Waals surface area contributed by atoms with Crippen LogP contribution in [-0.2, 0) is 19.2 Å². The van der Waals surface area contributed by atoms with Gasteiger partial charge < -0.3 is 31.9 Å². The van der Waals surface area contributed by atoms with Crippen LogP contribution in [0.1, 0.15) is 27.7 Å². The second-order valence-corrected chi connectivity index (χ2v) is 5.31. The van der Waals surface area contributed by atoms with E-state index in [9.17, 15) is 0 Å². The first-order valence-corrected chi connectivity index (χ1v) is 9.27. The molecular weight excluding hydrogens is 334 g/mol. The number of hydrogen-bond donors (Lipinski definition) is 6. The molecule has 0 spiro atoms. The molecular formula is C11H26N2Na2O8. The number of carboxylic acids is 4. The van der Waals surface area contributed by atoms with Crippen molar-refractivity contribution in [2.24, 2.45) is 11.5 Å². The van der Waals surface area contributed by atoms with E-state index in [0.717, 1.165) is 27.7 Å². The van der Waals surface area contributed by atoms with Gasteiger partial charge in [-0.3, -0.25) is 19.2 Å². The molecule has 8 N–H and O–H groups in total. The van der Waals surface area contributed by atoms with Crippen LogP contribution in [0.5, 0.6) is 0 Å². The van der Waals surface area contributed by atoms with Crippen molar-refractivity contribution < 1.29 is 39.6 Å². The summed E-state index contributed by atoms with van der Waals surface area (Å²) in [6, 6.07) is 0. The van der Waals surface area contributed by atoms with E-state index in [4.69, 9.17) is 39.6 Å². The van der Waals surface area contributed by atoms with Crippen LogP contribution in [0.4, 0.5) is 0 Å². The van der Waals surface area contributed by atoms with E-state index in [1.54, 1.807) is 0 Å². The Balaban J connectivity index is -0.0000000378. The Hall–Kier alpha value is -0.200. The third-order valence-electron chi connectivity index (χ3n) is 0.500. The van der Waals surface area contributed by atoms with Gasteiger partial charge >= 0.3 is 63.2 Å². The van der Waals surface area contributed by atoms with E-state index >= 15 is 0 Å². The minimum atomic E-state index is -0.833. The monoisotopic (exact) mass is 360 g/mol. The number of hydrogen-bond acceptors (Lipinski definition) is 6. The molecule has 0 bridgehead atoms. The van der Waals surface area contributed by atoms with Crippen LogP contribution in [0.25, 0.3) is 0 Å². The van der Waals surface area contributed by atoms with Gasteiger partial charge in [-0.15, -0.1) is 0 Å². The van der Waals surface area contributed by atoms with Gasteiger partial charge in [0, 0.05) is 34.4 Å². The number of aliphatic carboxylic acids is 4. The third-order valence-corrected chi connectivity index (χ3v) is 4.50. The molecule has 0 aliphatic rings. The van der Waals surface area contributed by atoms with Crippen molar-refractivity contribution in [3.63, 3.8) is 0 Å². The molecule has 10 nitrogen and oxygen atoms in total. The molecule has 0 heterocycles. The van der Waals surface area contributed by atoms with Gasteiger partial charge in [0.15, 0.2) is 0 Å². The summed E-state index contributed by atoms with van der Waals surface area (Å²) < 4.78 is 3.04. The number of carboxylic acid groups (broad SMARTS) is 4. The minimum absolute atomic E-state index is 0.250. The molecule has 0 saturated heterocycles. The summed E-state index contributed by atoms with van der Waals surface area (Å²) in [4.78, 5) is 36.0. The van der Waals surface area contributed by atoms with Crippen molar-refractivity contribution in [2.45, 2.75) is 35.0 Å². The van der Waals surface area contributed by atoms with Gasteiger partial charge in [-0.2, -0.15) is 0 Å². The second-order valence-electron chi connectivity index (χ2n) is 3.31. The molecule has 0 aliphatic heterocycles. The van der Waals surface area contributed by atoms with Crippen LogP contribution in [0.3, 0.4) is 0 Å². The van der Waals surface area contributed by atoms with Crippen molar-refractivity contribution in [1.29, 1.82) is 0 Å². The van der Waals surface area contributed by atoms with E-state index in [1.807, 2.05) is 0 Å². The molecule has 0 aromatic carbocycles. The van der Waals surface area contributed by atoms with Gasteiger partial charge in [-0.25, -0.2) is 0 Å². The first kappa shape index (κ1) is 38.4. The number of rotatable bonds is 1. The number of nitrogens with two attached hydrogens (primary N) is 2. The van der Waals surface area contributed by atoms with Crippen LogP contribution in [0, 0.1) is 0 Å². The van der Waals surface area contributed by atoms with Crippen LogP contribution in [-0.4, -0.2) is 107 Å². The topological polar surface area (TPSA) is 201 Å². The SMILES string of the molecule is CC(=O)O.CC(=O)O.CC(=O)O.CC(=O)O.NCN.[Na][CH2][CH2][Na]. The zero-order valence-electron chi connectivity index (χ0n) is 14.7.